The molecule has 1 aliphatic rings. The van der Waals surface area contributed by atoms with Crippen molar-refractivity contribution in [3.05, 3.63) is 51.8 Å². The normalized spacial score (nSPS) is 18.8. The van der Waals surface area contributed by atoms with E-state index in [1.807, 2.05) is 6.07 Å². The molecule has 2 heterocycles. The summed E-state index contributed by atoms with van der Waals surface area (Å²) in [6.45, 7) is 0. The monoisotopic (exact) mass is 275 g/mol. The first-order chi connectivity index (χ1) is 9.58. The highest BCUT2D eigenvalue weighted by atomic mass is 16.5. The fraction of sp³-hybridized carbons (Fsp3) is 0.308. The Morgan fingerprint density at radius 3 is 3.10 bits per heavy atom. The number of benzene rings is 1. The molecule has 0 bridgehead atoms. The van der Waals surface area contributed by atoms with Crippen molar-refractivity contribution >= 4 is 5.97 Å². The summed E-state index contributed by atoms with van der Waals surface area (Å²) in [6, 6.07) is 5.72. The lowest BCUT2D eigenvalue weighted by Gasteiger charge is -2.14. The van der Waals surface area contributed by atoms with Crippen molar-refractivity contribution in [3.63, 3.8) is 0 Å². The van der Waals surface area contributed by atoms with Crippen LogP contribution in [0.4, 0.5) is 0 Å². The van der Waals surface area contributed by atoms with Gasteiger partial charge in [0.1, 0.15) is 6.04 Å². The Hall–Kier alpha value is -2.41. The van der Waals surface area contributed by atoms with E-state index in [4.69, 9.17) is 10.8 Å². The number of hydrogen-bond donors (Lipinski definition) is 2. The molecular weight excluding hydrogens is 262 g/mol. The molecule has 2 aromatic rings. The number of hydrogen-bond acceptors (Lipinski definition) is 5. The zero-order valence-corrected chi connectivity index (χ0v) is 10.5. The Morgan fingerprint density at radius 2 is 2.35 bits per heavy atom. The summed E-state index contributed by atoms with van der Waals surface area (Å²) in [6.07, 6.45) is 1.39. The van der Waals surface area contributed by atoms with E-state index in [0.29, 0.717) is 17.8 Å². The zero-order valence-electron chi connectivity index (χ0n) is 10.5. The van der Waals surface area contributed by atoms with Crippen molar-refractivity contribution in [2.24, 2.45) is 5.73 Å². The number of aryl methyl sites for hydroxylation is 1. The van der Waals surface area contributed by atoms with Crippen molar-refractivity contribution in [3.8, 4) is 0 Å². The number of carbonyl (C=O) groups is 1. The number of fused-ring (bicyclic) bond motifs is 1. The smallest absolute Gasteiger partial charge is 0.442 e. The van der Waals surface area contributed by atoms with Crippen LogP contribution in [0.3, 0.4) is 0 Å². The molecule has 3 N–H and O–H groups in total. The molecule has 7 heteroatoms. The first-order valence-corrected chi connectivity index (χ1v) is 6.23. The van der Waals surface area contributed by atoms with Crippen LogP contribution in [-0.4, -0.2) is 20.8 Å². The Kier molecular flexibility index (Phi) is 2.90. The van der Waals surface area contributed by atoms with Crippen LogP contribution in [-0.2, 0) is 11.2 Å². The highest BCUT2D eigenvalue weighted by Gasteiger charge is 2.29. The predicted octanol–water partition coefficient (Wildman–Crippen LogP) is 0.456. The molecular formula is C13H13N3O4. The second-order valence-corrected chi connectivity index (χ2v) is 4.78. The molecule has 0 saturated heterocycles. The van der Waals surface area contributed by atoms with E-state index in [1.54, 1.807) is 18.2 Å². The van der Waals surface area contributed by atoms with Crippen molar-refractivity contribution < 1.29 is 14.4 Å². The highest BCUT2D eigenvalue weighted by molar-refractivity contribution is 5.75. The quantitative estimate of drug-likeness (QED) is 0.841. The van der Waals surface area contributed by atoms with Gasteiger partial charge in [0.05, 0.1) is 6.04 Å². The lowest BCUT2D eigenvalue weighted by molar-refractivity contribution is -0.138. The van der Waals surface area contributed by atoms with E-state index in [9.17, 15) is 9.59 Å². The van der Waals surface area contributed by atoms with Gasteiger partial charge in [-0.3, -0.25) is 13.9 Å². The van der Waals surface area contributed by atoms with Gasteiger partial charge in [0.2, 0.25) is 0 Å². The number of nitrogens with zero attached hydrogens (tertiary/aromatic N) is 2. The van der Waals surface area contributed by atoms with Crippen LogP contribution in [0, 0.1) is 0 Å². The Balaban J connectivity index is 2.00. The number of rotatable bonds is 3. The van der Waals surface area contributed by atoms with Gasteiger partial charge >= 0.3 is 11.7 Å². The minimum absolute atomic E-state index is 0.176. The topological polar surface area (TPSA) is 111 Å². The molecule has 1 aromatic carbocycles. The Morgan fingerprint density at radius 1 is 1.55 bits per heavy atom. The van der Waals surface area contributed by atoms with E-state index in [0.717, 1.165) is 12.0 Å². The number of carboxylic acids is 1. The van der Waals surface area contributed by atoms with E-state index >= 15 is 0 Å². The number of nitrogens with two attached hydrogens (primary N) is 1. The fourth-order valence-electron chi connectivity index (χ4n) is 2.57. The van der Waals surface area contributed by atoms with Gasteiger partial charge in [-0.15, -0.1) is 0 Å². The van der Waals surface area contributed by atoms with Crippen LogP contribution in [0.2, 0.25) is 0 Å². The average Bonchev–Trinajstić information content (AvgIpc) is 3.01. The van der Waals surface area contributed by atoms with Crippen LogP contribution < -0.4 is 11.5 Å². The third kappa shape index (κ3) is 1.92. The van der Waals surface area contributed by atoms with Gasteiger partial charge in [-0.25, -0.2) is 4.79 Å². The van der Waals surface area contributed by atoms with Crippen LogP contribution in [0.1, 0.15) is 35.5 Å². The molecule has 2 atom stereocenters. The van der Waals surface area contributed by atoms with Crippen LogP contribution >= 0.6 is 0 Å². The van der Waals surface area contributed by atoms with Crippen LogP contribution in [0.5, 0.6) is 0 Å². The van der Waals surface area contributed by atoms with E-state index in [1.165, 1.54) is 4.57 Å². The molecule has 0 amide bonds. The summed E-state index contributed by atoms with van der Waals surface area (Å²) in [7, 11) is 0. The number of aromatic nitrogens is 2. The summed E-state index contributed by atoms with van der Waals surface area (Å²) in [5, 5.41) is 12.7. The molecule has 0 fully saturated rings. The molecule has 1 aliphatic heterocycles. The van der Waals surface area contributed by atoms with Gasteiger partial charge in [-0.2, -0.15) is 0 Å². The molecule has 3 rings (SSSR count). The van der Waals surface area contributed by atoms with Crippen molar-refractivity contribution in [1.29, 1.82) is 0 Å². The second-order valence-electron chi connectivity index (χ2n) is 4.78. The summed E-state index contributed by atoms with van der Waals surface area (Å²) in [5.41, 5.74) is 6.95. The van der Waals surface area contributed by atoms with Gasteiger partial charge in [-0.1, -0.05) is 29.4 Å². The molecule has 20 heavy (non-hydrogen) atoms. The van der Waals surface area contributed by atoms with Gasteiger partial charge in [-0.05, 0) is 17.5 Å². The first kappa shape index (κ1) is 12.6. The van der Waals surface area contributed by atoms with Crippen molar-refractivity contribution in [2.75, 3.05) is 0 Å². The molecule has 2 unspecified atom stereocenters. The lowest BCUT2D eigenvalue weighted by atomic mass is 9.99. The Labute approximate surface area is 113 Å². The third-order valence-corrected chi connectivity index (χ3v) is 3.58. The van der Waals surface area contributed by atoms with Crippen molar-refractivity contribution in [2.45, 2.75) is 24.9 Å². The first-order valence-electron chi connectivity index (χ1n) is 6.23. The molecule has 0 aliphatic carbocycles. The third-order valence-electron chi connectivity index (χ3n) is 3.58. The van der Waals surface area contributed by atoms with Gasteiger partial charge in [0.15, 0.2) is 5.82 Å². The van der Waals surface area contributed by atoms with Crippen LogP contribution in [0.15, 0.2) is 33.6 Å². The largest absolute Gasteiger partial charge is 0.480 e. The zero-order chi connectivity index (χ0) is 14.3. The van der Waals surface area contributed by atoms with Gasteiger partial charge in [0.25, 0.3) is 0 Å². The predicted molar refractivity (Wildman–Crippen MR) is 68.2 cm³/mol. The van der Waals surface area contributed by atoms with E-state index in [2.05, 4.69) is 9.68 Å². The van der Waals surface area contributed by atoms with Gasteiger partial charge in [0, 0.05) is 6.42 Å². The van der Waals surface area contributed by atoms with E-state index in [-0.39, 0.29) is 6.04 Å². The summed E-state index contributed by atoms with van der Waals surface area (Å²) >= 11 is 0. The standard InChI is InChI=1S/C13H13N3O4/c14-11(12(17)18)8-3-1-2-7(6-8)9-4-5-10-15-20-13(19)16(9)10/h1-3,6,9,11H,4-5,14H2,(H,17,18). The fourth-order valence-corrected chi connectivity index (χ4v) is 2.57. The maximum absolute atomic E-state index is 11.6. The molecule has 1 aromatic heterocycles. The number of aliphatic carboxylic acids is 1. The van der Waals surface area contributed by atoms with Crippen LogP contribution in [0.25, 0.3) is 0 Å². The van der Waals surface area contributed by atoms with Gasteiger partial charge < -0.3 is 10.8 Å². The SMILES string of the molecule is NC(C(=O)O)c1cccc(C2CCc3noc(=O)n32)c1. The molecule has 0 radical (unpaired) electrons. The summed E-state index contributed by atoms with van der Waals surface area (Å²) in [4.78, 5) is 22.6. The minimum Gasteiger partial charge on any atom is -0.480 e. The molecule has 7 nitrogen and oxygen atoms in total. The maximum Gasteiger partial charge on any atom is 0.442 e. The minimum atomic E-state index is -1.09. The van der Waals surface area contributed by atoms with Crippen molar-refractivity contribution in [1.82, 2.24) is 9.72 Å². The highest BCUT2D eigenvalue weighted by Crippen LogP contribution is 2.30. The lowest BCUT2D eigenvalue weighted by Crippen LogP contribution is -2.22. The summed E-state index contributed by atoms with van der Waals surface area (Å²) in [5.74, 6) is -0.959. The molecule has 0 spiro atoms. The maximum atomic E-state index is 11.6. The average molecular weight is 275 g/mol. The number of carboxylic acid groups (broad SMARTS) is 1. The second kappa shape index (κ2) is 4.61. The Bertz CT molecular complexity index is 718. The van der Waals surface area contributed by atoms with E-state index < -0.39 is 17.8 Å². The summed E-state index contributed by atoms with van der Waals surface area (Å²) < 4.78 is 6.15. The molecule has 104 valence electrons. The molecule has 0 saturated carbocycles.